The molecule has 2 nitrogen and oxygen atoms in total. The summed E-state index contributed by atoms with van der Waals surface area (Å²) in [6.07, 6.45) is 7.21. The van der Waals surface area contributed by atoms with Gasteiger partial charge in [0.25, 0.3) is 0 Å². The van der Waals surface area contributed by atoms with Crippen molar-refractivity contribution in [1.82, 2.24) is 9.78 Å². The highest BCUT2D eigenvalue weighted by Crippen LogP contribution is 2.33. The molecular weight excluding hydrogens is 228 g/mol. The van der Waals surface area contributed by atoms with Gasteiger partial charge >= 0.3 is 0 Å². The number of alkyl halides is 1. The average Bonchev–Trinajstić information content (AvgIpc) is 2.64. The van der Waals surface area contributed by atoms with Crippen LogP contribution in [0.5, 0.6) is 0 Å². The highest BCUT2D eigenvalue weighted by molar-refractivity contribution is 9.09. The van der Waals surface area contributed by atoms with E-state index < -0.39 is 0 Å². The number of rotatable bonds is 2. The molecule has 1 heterocycles. The van der Waals surface area contributed by atoms with Crippen molar-refractivity contribution in [1.29, 1.82) is 0 Å². The smallest absolute Gasteiger partial charge is 0.0627 e. The Morgan fingerprint density at radius 2 is 2.46 bits per heavy atom. The van der Waals surface area contributed by atoms with Gasteiger partial charge in [0.2, 0.25) is 0 Å². The first kappa shape index (κ1) is 9.25. The fourth-order valence-electron chi connectivity index (χ4n) is 2.06. The molecule has 72 valence electrons. The second-order valence-corrected chi connectivity index (χ2v) is 5.07. The predicted octanol–water partition coefficient (Wildman–Crippen LogP) is 2.53. The molecule has 1 aromatic heterocycles. The van der Waals surface area contributed by atoms with Crippen molar-refractivity contribution in [2.75, 3.05) is 0 Å². The normalized spacial score (nSPS) is 28.2. The molecule has 1 aliphatic carbocycles. The predicted molar refractivity (Wildman–Crippen MR) is 57.0 cm³/mol. The summed E-state index contributed by atoms with van der Waals surface area (Å²) in [5.74, 6) is 0.801. The lowest BCUT2D eigenvalue weighted by atomic mass is 10.0. The molecule has 2 rings (SSSR count). The van der Waals surface area contributed by atoms with Gasteiger partial charge in [-0.1, -0.05) is 22.4 Å². The Bertz CT molecular complexity index is 282. The molecule has 3 heteroatoms. The third kappa shape index (κ3) is 2.13. The van der Waals surface area contributed by atoms with Gasteiger partial charge in [0, 0.05) is 18.1 Å². The van der Waals surface area contributed by atoms with Crippen molar-refractivity contribution in [3.63, 3.8) is 0 Å². The van der Waals surface area contributed by atoms with Crippen molar-refractivity contribution in [2.24, 2.45) is 13.0 Å². The zero-order valence-electron chi connectivity index (χ0n) is 7.91. The standard InChI is InChI=1S/C10H15BrN2/c1-13-6-5-9(12-13)7-8-3-2-4-10(8)11/h5-6,8,10H,2-4,7H2,1H3. The highest BCUT2D eigenvalue weighted by Gasteiger charge is 2.25. The number of hydrogen-bond acceptors (Lipinski definition) is 1. The summed E-state index contributed by atoms with van der Waals surface area (Å²) < 4.78 is 1.88. The largest absolute Gasteiger partial charge is 0.276 e. The van der Waals surface area contributed by atoms with E-state index in [1.165, 1.54) is 25.0 Å². The van der Waals surface area contributed by atoms with Crippen LogP contribution >= 0.6 is 15.9 Å². The Morgan fingerprint density at radius 1 is 1.62 bits per heavy atom. The number of aryl methyl sites for hydroxylation is 1. The molecule has 2 unspecified atom stereocenters. The first-order valence-corrected chi connectivity index (χ1v) is 5.80. The first-order valence-electron chi connectivity index (χ1n) is 4.88. The quantitative estimate of drug-likeness (QED) is 0.730. The van der Waals surface area contributed by atoms with Gasteiger partial charge in [0.1, 0.15) is 0 Å². The van der Waals surface area contributed by atoms with E-state index in [2.05, 4.69) is 27.1 Å². The van der Waals surface area contributed by atoms with E-state index in [-0.39, 0.29) is 0 Å². The van der Waals surface area contributed by atoms with E-state index in [9.17, 15) is 0 Å². The first-order chi connectivity index (χ1) is 6.25. The molecule has 2 atom stereocenters. The number of hydrogen-bond donors (Lipinski definition) is 0. The second-order valence-electron chi connectivity index (χ2n) is 3.89. The maximum absolute atomic E-state index is 4.40. The minimum Gasteiger partial charge on any atom is -0.276 e. The molecule has 0 amide bonds. The van der Waals surface area contributed by atoms with Gasteiger partial charge in [0.05, 0.1) is 5.69 Å². The third-order valence-electron chi connectivity index (χ3n) is 2.81. The SMILES string of the molecule is Cn1ccc(CC2CCCC2Br)n1. The molecule has 1 saturated carbocycles. The molecule has 13 heavy (non-hydrogen) atoms. The molecule has 0 bridgehead atoms. The summed E-state index contributed by atoms with van der Waals surface area (Å²) in [4.78, 5) is 0.717. The van der Waals surface area contributed by atoms with Crippen molar-refractivity contribution >= 4 is 15.9 Å². The Labute approximate surface area is 87.5 Å². The maximum Gasteiger partial charge on any atom is 0.0627 e. The zero-order chi connectivity index (χ0) is 9.26. The van der Waals surface area contributed by atoms with Crippen LogP contribution in [0.1, 0.15) is 25.0 Å². The minimum atomic E-state index is 0.717. The van der Waals surface area contributed by atoms with Crippen LogP contribution in [0.4, 0.5) is 0 Å². The average molecular weight is 243 g/mol. The van der Waals surface area contributed by atoms with Crippen molar-refractivity contribution in [3.8, 4) is 0 Å². The monoisotopic (exact) mass is 242 g/mol. The molecular formula is C10H15BrN2. The van der Waals surface area contributed by atoms with Gasteiger partial charge < -0.3 is 0 Å². The summed E-state index contributed by atoms with van der Waals surface area (Å²) in [6, 6.07) is 2.12. The van der Waals surface area contributed by atoms with E-state index >= 15 is 0 Å². The van der Waals surface area contributed by atoms with Crippen molar-refractivity contribution < 1.29 is 0 Å². The number of aromatic nitrogens is 2. The lowest BCUT2D eigenvalue weighted by Gasteiger charge is -2.11. The Kier molecular flexibility index (Phi) is 2.72. The summed E-state index contributed by atoms with van der Waals surface area (Å²) in [7, 11) is 1.98. The van der Waals surface area contributed by atoms with Crippen LogP contribution in [-0.4, -0.2) is 14.6 Å². The molecule has 1 fully saturated rings. The Balaban J connectivity index is 1.97. The van der Waals surface area contributed by atoms with Gasteiger partial charge in [-0.15, -0.1) is 0 Å². The van der Waals surface area contributed by atoms with Crippen LogP contribution in [0.3, 0.4) is 0 Å². The van der Waals surface area contributed by atoms with E-state index in [1.54, 1.807) is 0 Å². The van der Waals surface area contributed by atoms with E-state index in [1.807, 2.05) is 17.9 Å². The van der Waals surface area contributed by atoms with Crippen molar-refractivity contribution in [3.05, 3.63) is 18.0 Å². The fourth-order valence-corrected chi connectivity index (χ4v) is 2.84. The summed E-state index contributed by atoms with van der Waals surface area (Å²) >= 11 is 3.73. The molecule has 0 saturated heterocycles. The van der Waals surface area contributed by atoms with Crippen LogP contribution in [0.25, 0.3) is 0 Å². The highest BCUT2D eigenvalue weighted by atomic mass is 79.9. The fraction of sp³-hybridized carbons (Fsp3) is 0.700. The maximum atomic E-state index is 4.40. The van der Waals surface area contributed by atoms with Gasteiger partial charge in [-0.25, -0.2) is 0 Å². The van der Waals surface area contributed by atoms with E-state index in [0.717, 1.165) is 17.2 Å². The van der Waals surface area contributed by atoms with Crippen molar-refractivity contribution in [2.45, 2.75) is 30.5 Å². The summed E-state index contributed by atoms with van der Waals surface area (Å²) in [5.41, 5.74) is 1.24. The molecule has 0 N–H and O–H groups in total. The lowest BCUT2D eigenvalue weighted by Crippen LogP contribution is -2.10. The second kappa shape index (κ2) is 3.82. The topological polar surface area (TPSA) is 17.8 Å². The van der Waals surface area contributed by atoms with Crippen LogP contribution < -0.4 is 0 Å². The molecule has 0 spiro atoms. The lowest BCUT2D eigenvalue weighted by molar-refractivity contribution is 0.549. The van der Waals surface area contributed by atoms with E-state index in [0.29, 0.717) is 0 Å². The summed E-state index contributed by atoms with van der Waals surface area (Å²) in [6.45, 7) is 0. The molecule has 0 aliphatic heterocycles. The van der Waals surface area contributed by atoms with Gasteiger partial charge in [-0.05, 0) is 31.2 Å². The van der Waals surface area contributed by atoms with Crippen LogP contribution in [0, 0.1) is 5.92 Å². The molecule has 0 aromatic carbocycles. The van der Waals surface area contributed by atoms with E-state index in [4.69, 9.17) is 0 Å². The van der Waals surface area contributed by atoms with Gasteiger partial charge in [-0.3, -0.25) is 4.68 Å². The molecule has 1 aliphatic rings. The molecule has 0 radical (unpaired) electrons. The zero-order valence-corrected chi connectivity index (χ0v) is 9.50. The molecule has 1 aromatic rings. The van der Waals surface area contributed by atoms with Crippen LogP contribution in [-0.2, 0) is 13.5 Å². The van der Waals surface area contributed by atoms with Gasteiger partial charge in [-0.2, -0.15) is 5.10 Å². The minimum absolute atomic E-state index is 0.717. The summed E-state index contributed by atoms with van der Waals surface area (Å²) in [5, 5.41) is 4.40. The Hall–Kier alpha value is -0.310. The van der Waals surface area contributed by atoms with Gasteiger partial charge in [0.15, 0.2) is 0 Å². The number of nitrogens with zero attached hydrogens (tertiary/aromatic N) is 2. The van der Waals surface area contributed by atoms with Crippen LogP contribution in [0.2, 0.25) is 0 Å². The number of halogens is 1. The van der Waals surface area contributed by atoms with Crippen LogP contribution in [0.15, 0.2) is 12.3 Å². The third-order valence-corrected chi connectivity index (χ3v) is 4.01. The Morgan fingerprint density at radius 3 is 3.00 bits per heavy atom.